The summed E-state index contributed by atoms with van der Waals surface area (Å²) in [6.45, 7) is 5.39. The number of methoxy groups -OCH3 is 2. The zero-order valence-electron chi connectivity index (χ0n) is 17.4. The normalized spacial score (nSPS) is 27.4. The average molecular weight is 436 g/mol. The lowest BCUT2D eigenvalue weighted by atomic mass is 9.98. The Kier molecular flexibility index (Phi) is 10.4. The minimum atomic E-state index is -1.15. The van der Waals surface area contributed by atoms with Gasteiger partial charge < -0.3 is 28.4 Å². The Labute approximate surface area is 173 Å². The highest BCUT2D eigenvalue weighted by atomic mass is 32.2. The molecular formula is C18H28O10S. The highest BCUT2D eigenvalue weighted by molar-refractivity contribution is 8.00. The molecule has 0 spiro atoms. The largest absolute Gasteiger partial charge is 0.468 e. The molecule has 0 aromatic carbocycles. The smallest absolute Gasteiger partial charge is 0.318 e. The third-order valence-corrected chi connectivity index (χ3v) is 5.48. The quantitative estimate of drug-likeness (QED) is 0.377. The molecule has 0 aromatic heterocycles. The topological polar surface area (TPSA) is 124 Å². The molecule has 0 amide bonds. The van der Waals surface area contributed by atoms with Crippen molar-refractivity contribution in [3.63, 3.8) is 0 Å². The molecule has 0 N–H and O–H groups in total. The van der Waals surface area contributed by atoms with Crippen LogP contribution in [0.15, 0.2) is 0 Å². The molecule has 0 aliphatic carbocycles. The molecule has 11 heteroatoms. The van der Waals surface area contributed by atoms with Gasteiger partial charge in [0.05, 0.1) is 7.11 Å². The summed E-state index contributed by atoms with van der Waals surface area (Å²) in [7, 11) is 2.64. The number of hydrogen-bond donors (Lipinski definition) is 0. The number of esters is 4. The fourth-order valence-electron chi connectivity index (χ4n) is 2.87. The van der Waals surface area contributed by atoms with Crippen molar-refractivity contribution >= 4 is 35.6 Å². The van der Waals surface area contributed by atoms with Crippen molar-refractivity contribution in [3.8, 4) is 0 Å². The summed E-state index contributed by atoms with van der Waals surface area (Å²) < 4.78 is 31.8. The average Bonchev–Trinajstić information content (AvgIpc) is 2.64. The molecule has 1 aliphatic heterocycles. The zero-order chi connectivity index (χ0) is 22.1. The first-order chi connectivity index (χ1) is 13.6. The lowest BCUT2D eigenvalue weighted by Crippen LogP contribution is -2.62. The van der Waals surface area contributed by atoms with Gasteiger partial charge in [0.25, 0.3) is 0 Å². The molecule has 1 aliphatic rings. The third-order valence-electron chi connectivity index (χ3n) is 4.03. The van der Waals surface area contributed by atoms with Crippen LogP contribution in [0.25, 0.3) is 0 Å². The molecule has 0 saturated carbocycles. The van der Waals surface area contributed by atoms with E-state index in [1.165, 1.54) is 46.8 Å². The van der Waals surface area contributed by atoms with Crippen molar-refractivity contribution in [1.29, 1.82) is 0 Å². The standard InChI is InChI=1S/C18H28O10S/c1-7-13(17(22)23-5)29-8-12-14(25-9(2)19)15(26-10(3)20)16(27-11(4)21)18(24-6)28-12/h12-16,18H,7-8H2,1-6H3/t12-,13?,14+,15+,16-,18-/m1/s1. The summed E-state index contributed by atoms with van der Waals surface area (Å²) in [6, 6.07) is 0. The number of rotatable bonds is 9. The third kappa shape index (κ3) is 7.48. The van der Waals surface area contributed by atoms with Crippen molar-refractivity contribution in [3.05, 3.63) is 0 Å². The van der Waals surface area contributed by atoms with E-state index < -0.39 is 59.8 Å². The van der Waals surface area contributed by atoms with Gasteiger partial charge in [0, 0.05) is 33.6 Å². The number of ether oxygens (including phenoxy) is 6. The maximum atomic E-state index is 11.9. The molecule has 1 heterocycles. The van der Waals surface area contributed by atoms with Crippen LogP contribution in [0, 0.1) is 0 Å². The molecule has 1 rings (SSSR count). The van der Waals surface area contributed by atoms with Crippen molar-refractivity contribution in [2.24, 2.45) is 0 Å². The number of hydrogen-bond acceptors (Lipinski definition) is 11. The monoisotopic (exact) mass is 436 g/mol. The van der Waals surface area contributed by atoms with E-state index in [1.54, 1.807) is 0 Å². The lowest BCUT2D eigenvalue weighted by Gasteiger charge is -2.44. The van der Waals surface area contributed by atoms with E-state index >= 15 is 0 Å². The molecule has 0 aromatic rings. The lowest BCUT2D eigenvalue weighted by molar-refractivity contribution is -0.294. The molecule has 1 fully saturated rings. The van der Waals surface area contributed by atoms with Gasteiger partial charge in [0.15, 0.2) is 24.6 Å². The second-order valence-electron chi connectivity index (χ2n) is 6.25. The van der Waals surface area contributed by atoms with E-state index in [2.05, 4.69) is 0 Å². The van der Waals surface area contributed by atoms with E-state index in [4.69, 9.17) is 28.4 Å². The molecular weight excluding hydrogens is 408 g/mol. The van der Waals surface area contributed by atoms with Gasteiger partial charge in [-0.1, -0.05) is 6.92 Å². The summed E-state index contributed by atoms with van der Waals surface area (Å²) >= 11 is 1.25. The minimum Gasteiger partial charge on any atom is -0.468 e. The van der Waals surface area contributed by atoms with E-state index in [0.717, 1.165) is 0 Å². The zero-order valence-corrected chi connectivity index (χ0v) is 18.2. The highest BCUT2D eigenvalue weighted by Crippen LogP contribution is 2.32. The number of thioether (sulfide) groups is 1. The molecule has 1 unspecified atom stereocenters. The van der Waals surface area contributed by atoms with E-state index in [0.29, 0.717) is 6.42 Å². The van der Waals surface area contributed by atoms with Crippen LogP contribution in [0.3, 0.4) is 0 Å². The van der Waals surface area contributed by atoms with Crippen LogP contribution in [0.4, 0.5) is 0 Å². The second-order valence-corrected chi connectivity index (χ2v) is 7.49. The molecule has 1 saturated heterocycles. The maximum absolute atomic E-state index is 11.9. The number of carbonyl (C=O) groups is 4. The Morgan fingerprint density at radius 1 is 0.897 bits per heavy atom. The van der Waals surface area contributed by atoms with Crippen LogP contribution < -0.4 is 0 Å². The van der Waals surface area contributed by atoms with E-state index in [9.17, 15) is 19.2 Å². The minimum absolute atomic E-state index is 0.204. The summed E-state index contributed by atoms with van der Waals surface area (Å²) in [6.07, 6.45) is -4.73. The Morgan fingerprint density at radius 2 is 1.41 bits per heavy atom. The molecule has 29 heavy (non-hydrogen) atoms. The van der Waals surface area contributed by atoms with Crippen molar-refractivity contribution in [2.45, 2.75) is 70.1 Å². The molecule has 166 valence electrons. The molecule has 6 atom stereocenters. The molecule has 10 nitrogen and oxygen atoms in total. The summed E-state index contributed by atoms with van der Waals surface area (Å²) in [5.41, 5.74) is 0. The Bertz CT molecular complexity index is 595. The van der Waals surface area contributed by atoms with Crippen LogP contribution in [0.2, 0.25) is 0 Å². The van der Waals surface area contributed by atoms with Crippen molar-refractivity contribution in [2.75, 3.05) is 20.0 Å². The van der Waals surface area contributed by atoms with Gasteiger partial charge >= 0.3 is 23.9 Å². The maximum Gasteiger partial charge on any atom is 0.318 e. The molecule has 0 bridgehead atoms. The van der Waals surface area contributed by atoms with Gasteiger partial charge in [-0.2, -0.15) is 0 Å². The van der Waals surface area contributed by atoms with Crippen molar-refractivity contribution < 1.29 is 47.6 Å². The first kappa shape index (κ1) is 25.2. The van der Waals surface area contributed by atoms with Crippen LogP contribution in [-0.2, 0) is 47.6 Å². The summed E-state index contributed by atoms with van der Waals surface area (Å²) in [5.74, 6) is -2.13. The van der Waals surface area contributed by atoms with Crippen LogP contribution >= 0.6 is 11.8 Å². The Morgan fingerprint density at radius 3 is 1.86 bits per heavy atom. The van der Waals surface area contributed by atoms with Crippen LogP contribution in [-0.4, -0.2) is 79.8 Å². The van der Waals surface area contributed by atoms with Gasteiger partial charge in [-0.3, -0.25) is 19.2 Å². The summed E-state index contributed by atoms with van der Waals surface area (Å²) in [5, 5.41) is -0.457. The highest BCUT2D eigenvalue weighted by Gasteiger charge is 2.52. The SMILES string of the molecule is CCC(SC[C@H]1O[C@@H](OC)[C@H](OC(C)=O)[C@@H](OC(C)=O)[C@H]1OC(C)=O)C(=O)OC. The fraction of sp³-hybridized carbons (Fsp3) is 0.778. The van der Waals surface area contributed by atoms with E-state index in [-0.39, 0.29) is 5.75 Å². The predicted molar refractivity (Wildman–Crippen MR) is 101 cm³/mol. The Balaban J connectivity index is 3.17. The van der Waals surface area contributed by atoms with Gasteiger partial charge in [-0.15, -0.1) is 11.8 Å². The second kappa shape index (κ2) is 12.0. The first-order valence-electron chi connectivity index (χ1n) is 9.03. The van der Waals surface area contributed by atoms with E-state index in [1.807, 2.05) is 6.92 Å². The van der Waals surface area contributed by atoms with Crippen molar-refractivity contribution in [1.82, 2.24) is 0 Å². The predicted octanol–water partition coefficient (Wildman–Crippen LogP) is 0.838. The molecule has 0 radical (unpaired) electrons. The summed E-state index contributed by atoms with van der Waals surface area (Å²) in [4.78, 5) is 46.7. The fourth-order valence-corrected chi connectivity index (χ4v) is 4.03. The van der Waals surface area contributed by atoms with Gasteiger partial charge in [0.1, 0.15) is 11.4 Å². The van der Waals surface area contributed by atoms with Crippen LogP contribution in [0.1, 0.15) is 34.1 Å². The van der Waals surface area contributed by atoms with Gasteiger partial charge in [0.2, 0.25) is 0 Å². The van der Waals surface area contributed by atoms with Gasteiger partial charge in [-0.25, -0.2) is 0 Å². The van der Waals surface area contributed by atoms with Gasteiger partial charge in [-0.05, 0) is 6.42 Å². The Hall–Kier alpha value is -1.85. The first-order valence-corrected chi connectivity index (χ1v) is 10.1. The number of carbonyl (C=O) groups excluding carboxylic acids is 4. The van der Waals surface area contributed by atoms with Crippen LogP contribution in [0.5, 0.6) is 0 Å².